The van der Waals surface area contributed by atoms with Crippen molar-refractivity contribution in [3.05, 3.63) is 59.7 Å². The molecule has 1 heterocycles. The lowest BCUT2D eigenvalue weighted by Gasteiger charge is -2.32. The van der Waals surface area contributed by atoms with Gasteiger partial charge in [0.25, 0.3) is 0 Å². The van der Waals surface area contributed by atoms with Crippen LogP contribution in [-0.4, -0.2) is 27.3 Å². The Morgan fingerprint density at radius 2 is 1.85 bits per heavy atom. The van der Waals surface area contributed by atoms with Gasteiger partial charge in [-0.3, -0.25) is 0 Å². The molecular formula is C20H23F2NO3S. The van der Waals surface area contributed by atoms with Gasteiger partial charge in [-0.15, -0.1) is 0 Å². The van der Waals surface area contributed by atoms with E-state index in [1.807, 2.05) is 31.2 Å². The topological polar surface area (TPSA) is 55.4 Å². The summed E-state index contributed by atoms with van der Waals surface area (Å²) in [7, 11) is -4.66. The maximum absolute atomic E-state index is 13.0. The molecule has 146 valence electrons. The van der Waals surface area contributed by atoms with E-state index in [1.54, 1.807) is 6.07 Å². The zero-order valence-corrected chi connectivity index (χ0v) is 15.9. The highest BCUT2D eigenvalue weighted by Crippen LogP contribution is 2.35. The molecule has 1 aliphatic heterocycles. The van der Waals surface area contributed by atoms with Gasteiger partial charge in [0.2, 0.25) is 9.84 Å². The predicted molar refractivity (Wildman–Crippen MR) is 101 cm³/mol. The fourth-order valence-corrected chi connectivity index (χ4v) is 4.28. The van der Waals surface area contributed by atoms with Crippen LogP contribution in [0.4, 0.5) is 14.5 Å². The number of ether oxygens (including phenoxy) is 1. The number of halogens is 2. The van der Waals surface area contributed by atoms with E-state index >= 15 is 0 Å². The fraction of sp³-hybridized carbons (Fsp3) is 0.400. The molecule has 1 fully saturated rings. The second-order valence-corrected chi connectivity index (χ2v) is 8.67. The summed E-state index contributed by atoms with van der Waals surface area (Å²) < 4.78 is 55.7. The van der Waals surface area contributed by atoms with Gasteiger partial charge in [-0.1, -0.05) is 42.0 Å². The molecule has 7 heteroatoms. The third-order valence-corrected chi connectivity index (χ3v) is 6.27. The molecule has 0 saturated carbocycles. The molecule has 0 radical (unpaired) electrons. The highest BCUT2D eigenvalue weighted by atomic mass is 32.2. The summed E-state index contributed by atoms with van der Waals surface area (Å²) in [4.78, 5) is -0.372. The number of sulfone groups is 1. The first-order valence-electron chi connectivity index (χ1n) is 8.92. The largest absolute Gasteiger partial charge is 0.384 e. The SMILES string of the molecule is Cc1ccc(C2OCCCC2CNc2ccccc2S(=O)(=O)C(F)F)cc1. The van der Waals surface area contributed by atoms with E-state index < -0.39 is 15.6 Å². The molecule has 0 bridgehead atoms. The van der Waals surface area contributed by atoms with E-state index in [9.17, 15) is 17.2 Å². The summed E-state index contributed by atoms with van der Waals surface area (Å²) in [6.45, 7) is 3.13. The highest BCUT2D eigenvalue weighted by Gasteiger charge is 2.31. The van der Waals surface area contributed by atoms with Crippen LogP contribution in [0.3, 0.4) is 0 Å². The van der Waals surface area contributed by atoms with E-state index in [2.05, 4.69) is 5.32 Å². The van der Waals surface area contributed by atoms with Crippen LogP contribution in [-0.2, 0) is 14.6 Å². The summed E-state index contributed by atoms with van der Waals surface area (Å²) in [6.07, 6.45) is 1.71. The zero-order chi connectivity index (χ0) is 19.4. The van der Waals surface area contributed by atoms with Crippen LogP contribution in [0.2, 0.25) is 0 Å². The molecule has 2 atom stereocenters. The second kappa shape index (κ2) is 8.35. The van der Waals surface area contributed by atoms with Gasteiger partial charge in [0.1, 0.15) is 0 Å². The molecule has 4 nitrogen and oxygen atoms in total. The van der Waals surface area contributed by atoms with Crippen LogP contribution in [0.5, 0.6) is 0 Å². The average molecular weight is 395 g/mol. The van der Waals surface area contributed by atoms with Crippen LogP contribution in [0.1, 0.15) is 30.1 Å². The molecule has 0 spiro atoms. The van der Waals surface area contributed by atoms with Crippen molar-refractivity contribution in [2.75, 3.05) is 18.5 Å². The van der Waals surface area contributed by atoms with E-state index in [0.29, 0.717) is 13.2 Å². The summed E-state index contributed by atoms with van der Waals surface area (Å²) in [5.41, 5.74) is 2.43. The van der Waals surface area contributed by atoms with Crippen LogP contribution >= 0.6 is 0 Å². The number of aryl methyl sites for hydroxylation is 1. The van der Waals surface area contributed by atoms with Crippen molar-refractivity contribution in [3.63, 3.8) is 0 Å². The minimum Gasteiger partial charge on any atom is -0.384 e. The third-order valence-electron chi connectivity index (χ3n) is 4.83. The average Bonchev–Trinajstić information content (AvgIpc) is 2.67. The lowest BCUT2D eigenvalue weighted by atomic mass is 9.89. The van der Waals surface area contributed by atoms with Crippen molar-refractivity contribution in [2.45, 2.75) is 36.5 Å². The van der Waals surface area contributed by atoms with Crippen molar-refractivity contribution in [1.29, 1.82) is 0 Å². The Balaban J connectivity index is 1.78. The van der Waals surface area contributed by atoms with E-state index in [4.69, 9.17) is 4.74 Å². The number of anilines is 1. The van der Waals surface area contributed by atoms with Crippen molar-refractivity contribution in [2.24, 2.45) is 5.92 Å². The lowest BCUT2D eigenvalue weighted by molar-refractivity contribution is -0.0238. The fourth-order valence-electron chi connectivity index (χ4n) is 3.37. The molecule has 2 aromatic rings. The van der Waals surface area contributed by atoms with Crippen molar-refractivity contribution in [3.8, 4) is 0 Å². The van der Waals surface area contributed by atoms with Crippen LogP contribution in [0.15, 0.2) is 53.4 Å². The van der Waals surface area contributed by atoms with Crippen molar-refractivity contribution >= 4 is 15.5 Å². The van der Waals surface area contributed by atoms with E-state index in [0.717, 1.165) is 24.0 Å². The first-order chi connectivity index (χ1) is 12.9. The summed E-state index contributed by atoms with van der Waals surface area (Å²) in [5, 5.41) is 3.06. The highest BCUT2D eigenvalue weighted by molar-refractivity contribution is 7.91. The summed E-state index contributed by atoms with van der Waals surface area (Å²) in [5.74, 6) is -3.33. The molecule has 3 rings (SSSR count). The number of hydrogen-bond acceptors (Lipinski definition) is 4. The molecule has 0 amide bonds. The normalized spacial score (nSPS) is 20.6. The minimum absolute atomic E-state index is 0.106. The second-order valence-electron chi connectivity index (χ2n) is 6.79. The molecule has 0 aromatic heterocycles. The van der Waals surface area contributed by atoms with Gasteiger partial charge in [0, 0.05) is 19.1 Å². The molecular weight excluding hydrogens is 372 g/mol. The van der Waals surface area contributed by atoms with Crippen molar-refractivity contribution in [1.82, 2.24) is 0 Å². The number of benzene rings is 2. The van der Waals surface area contributed by atoms with Gasteiger partial charge in [0.05, 0.1) is 16.7 Å². The molecule has 1 aliphatic rings. The number of rotatable bonds is 6. The van der Waals surface area contributed by atoms with Crippen molar-refractivity contribution < 1.29 is 21.9 Å². The van der Waals surface area contributed by atoms with Gasteiger partial charge < -0.3 is 10.1 Å². The maximum Gasteiger partial charge on any atom is 0.341 e. The first kappa shape index (κ1) is 19.8. The zero-order valence-electron chi connectivity index (χ0n) is 15.1. The van der Waals surface area contributed by atoms with E-state index in [1.165, 1.54) is 18.2 Å². The number of hydrogen-bond donors (Lipinski definition) is 1. The monoisotopic (exact) mass is 395 g/mol. The Morgan fingerprint density at radius 3 is 2.56 bits per heavy atom. The van der Waals surface area contributed by atoms with Crippen LogP contribution in [0.25, 0.3) is 0 Å². The van der Waals surface area contributed by atoms with Crippen LogP contribution < -0.4 is 5.32 Å². The molecule has 1 saturated heterocycles. The van der Waals surface area contributed by atoms with Gasteiger partial charge >= 0.3 is 5.76 Å². The minimum atomic E-state index is -4.66. The Bertz CT molecular complexity index is 869. The lowest BCUT2D eigenvalue weighted by Crippen LogP contribution is -2.28. The van der Waals surface area contributed by atoms with Crippen LogP contribution in [0, 0.1) is 12.8 Å². The van der Waals surface area contributed by atoms with E-state index in [-0.39, 0.29) is 22.6 Å². The number of alkyl halides is 2. The number of para-hydroxylation sites is 1. The Kier molecular flexibility index (Phi) is 6.11. The quantitative estimate of drug-likeness (QED) is 0.778. The maximum atomic E-state index is 13.0. The summed E-state index contributed by atoms with van der Waals surface area (Å²) in [6, 6.07) is 13.9. The van der Waals surface area contributed by atoms with Gasteiger partial charge in [-0.05, 0) is 37.5 Å². The third kappa shape index (κ3) is 4.47. The number of nitrogens with one attached hydrogen (secondary N) is 1. The molecule has 2 unspecified atom stereocenters. The molecule has 2 aromatic carbocycles. The standard InChI is InChI=1S/C20H23F2NO3S/c1-14-8-10-15(11-9-14)19-16(5-4-12-26-19)13-23-17-6-2-3-7-18(17)27(24,25)20(21)22/h2-3,6-11,16,19-20,23H,4-5,12-13H2,1H3. The van der Waals surface area contributed by atoms with Gasteiger partial charge in [-0.25, -0.2) is 8.42 Å². The summed E-state index contributed by atoms with van der Waals surface area (Å²) >= 11 is 0. The predicted octanol–water partition coefficient (Wildman–Crippen LogP) is 4.57. The molecule has 1 N–H and O–H groups in total. The van der Waals surface area contributed by atoms with Gasteiger partial charge in [0.15, 0.2) is 0 Å². The Hall–Kier alpha value is -1.99. The Morgan fingerprint density at radius 1 is 1.15 bits per heavy atom. The molecule has 27 heavy (non-hydrogen) atoms. The smallest absolute Gasteiger partial charge is 0.341 e. The Labute approximate surface area is 158 Å². The van der Waals surface area contributed by atoms with Gasteiger partial charge in [-0.2, -0.15) is 8.78 Å². The first-order valence-corrected chi connectivity index (χ1v) is 10.5. The molecule has 0 aliphatic carbocycles.